The second kappa shape index (κ2) is 37.4. The predicted octanol–water partition coefficient (Wildman–Crippen LogP) is 21.7. The number of hydrogen-bond donors (Lipinski definition) is 2. The van der Waals surface area contributed by atoms with Crippen LogP contribution in [0.1, 0.15) is 70.9 Å². The molecule has 0 aliphatic carbocycles. The van der Waals surface area contributed by atoms with E-state index in [9.17, 15) is 23.1 Å². The lowest BCUT2D eigenvalue weighted by atomic mass is 10.1. The van der Waals surface area contributed by atoms with Crippen LogP contribution in [0, 0.1) is 6.92 Å². The molecule has 2 aromatic heterocycles. The van der Waals surface area contributed by atoms with Crippen LogP contribution in [0.15, 0.2) is 317 Å². The molecule has 0 saturated heterocycles. The summed E-state index contributed by atoms with van der Waals surface area (Å²) in [6.07, 6.45) is 10.9. The summed E-state index contributed by atoms with van der Waals surface area (Å²) in [6.45, 7) is 4.82. The summed E-state index contributed by atoms with van der Waals surface area (Å²) in [7, 11) is -3.40. The molecule has 10 aromatic carbocycles. The minimum absolute atomic E-state index is 0.118. The highest BCUT2D eigenvalue weighted by molar-refractivity contribution is 9.11. The van der Waals surface area contributed by atoms with Gasteiger partial charge in [0.15, 0.2) is 6.21 Å². The van der Waals surface area contributed by atoms with Gasteiger partial charge in [0.25, 0.3) is 22.5 Å². The Morgan fingerprint density at radius 2 is 0.800 bits per heavy atom. The fourth-order valence-electron chi connectivity index (χ4n) is 10.2. The summed E-state index contributed by atoms with van der Waals surface area (Å²) in [5.41, 5.74) is 10.4. The van der Waals surface area contributed by atoms with Crippen LogP contribution in [-0.4, -0.2) is 51.8 Å². The van der Waals surface area contributed by atoms with Crippen molar-refractivity contribution in [2.24, 2.45) is 0 Å². The van der Waals surface area contributed by atoms with Crippen LogP contribution in [0.4, 0.5) is 0 Å². The number of carboxylic acids is 1. The summed E-state index contributed by atoms with van der Waals surface area (Å²) >= 11 is 20.6. The molecule has 0 spiro atoms. The number of nitrogens with zero attached hydrogens (tertiary/aromatic N) is 2. The number of fused-ring (bicyclic) bond motifs is 1. The van der Waals surface area contributed by atoms with E-state index in [-0.39, 0.29) is 11.3 Å². The van der Waals surface area contributed by atoms with E-state index in [0.29, 0.717) is 85.5 Å². The number of benzene rings is 10. The Hall–Kier alpha value is -9.52. The Morgan fingerprint density at radius 3 is 1.13 bits per heavy atom. The molecule has 4 heterocycles. The van der Waals surface area contributed by atoms with Crippen molar-refractivity contribution >= 4 is 129 Å². The van der Waals surface area contributed by atoms with E-state index in [1.54, 1.807) is 72.9 Å². The average molecular weight is 1810 g/mol. The maximum atomic E-state index is 12.9. The number of hydrogen-bond acceptors (Lipinski definition) is 11. The first-order valence-corrected chi connectivity index (χ1v) is 38.7. The van der Waals surface area contributed by atoms with Gasteiger partial charge < -0.3 is 43.2 Å². The van der Waals surface area contributed by atoms with E-state index >= 15 is 0 Å². The van der Waals surface area contributed by atoms with Crippen LogP contribution in [0.3, 0.4) is 0 Å². The zero-order valence-electron chi connectivity index (χ0n) is 56.1. The summed E-state index contributed by atoms with van der Waals surface area (Å²) in [4.78, 5) is 27.6. The number of halogens is 6. The number of rotatable bonds is 24. The Bertz CT molecular complexity index is 4920. The van der Waals surface area contributed by atoms with Gasteiger partial charge >= 0.3 is 5.97 Å². The summed E-state index contributed by atoms with van der Waals surface area (Å²) in [6, 6.07) is 77.2. The van der Waals surface area contributed by atoms with Gasteiger partial charge in [-0.2, -0.15) is 4.58 Å². The number of aromatic carboxylic acids is 1. The number of ketones is 1. The normalized spacial score (nSPS) is 11.8. The first-order chi connectivity index (χ1) is 50.8. The monoisotopic (exact) mass is 1800 g/mol. The number of nitrogens with one attached hydrogen (secondary N) is 1. The molecule has 0 atom stereocenters. The second-order valence-electron chi connectivity index (χ2n) is 23.6. The number of aryl methyl sites for hydroxylation is 1. The fraction of sp³-hybridized carbons (Fsp3) is 0.0964. The third kappa shape index (κ3) is 23.0. The van der Waals surface area contributed by atoms with Crippen molar-refractivity contribution < 1.29 is 60.8 Å². The predicted molar refractivity (Wildman–Crippen MR) is 428 cm³/mol. The standard InChI is InChI=1S/C26H20Br2NO3.C25H19Br2NO3.C21H16Br2O4.C11H11NO2S/c27-21-7-3-18(4-8-21)15-30-23-12-20(26-25-2-1-11-29(25)17-32-26)13-24(14-23)31-16-19-5-9-22(28)10-6-19;26-20-7-3-17(4-8-20)15-30-22-12-19(25(29)24-2-1-11-28-24)13-23(14-22)31-16-18-5-9-21(27)10-6-18;22-17-5-1-14(2-6-17)12-26-19-9-16(21(24)25)10-20(11-19)27-13-15-3-7-18(23)8-4-15;1-10-4-6-11(7-5-10)15(13,14)12-8-2-3-9-12/h1-14H,15-17H2;1-14,28H,15-16H2;1-11H,12-13H2,(H,24,25);2-9H,1H3/q+1;;;. The summed E-state index contributed by atoms with van der Waals surface area (Å²) in [5.74, 6) is 3.20. The number of H-pyrrole nitrogens is 1. The van der Waals surface area contributed by atoms with Crippen molar-refractivity contribution in [2.75, 3.05) is 6.73 Å². The zero-order chi connectivity index (χ0) is 73.7. The van der Waals surface area contributed by atoms with Gasteiger partial charge in [-0.25, -0.2) is 17.2 Å². The van der Waals surface area contributed by atoms with Crippen LogP contribution in [0.5, 0.6) is 34.5 Å². The molecular formula is C83H66Br6N3O12S+. The van der Waals surface area contributed by atoms with Crippen molar-refractivity contribution in [3.8, 4) is 34.5 Å². The minimum Gasteiger partial charge on any atom is -0.489 e. The van der Waals surface area contributed by atoms with Crippen LogP contribution in [0.25, 0.3) is 5.76 Å². The van der Waals surface area contributed by atoms with E-state index in [0.717, 1.165) is 94.3 Å². The molecule has 532 valence electrons. The van der Waals surface area contributed by atoms with Crippen LogP contribution < -0.4 is 28.4 Å². The molecule has 0 fully saturated rings. The van der Waals surface area contributed by atoms with Crippen molar-refractivity contribution in [1.82, 2.24) is 8.96 Å². The van der Waals surface area contributed by atoms with E-state index in [1.807, 2.05) is 189 Å². The lowest BCUT2D eigenvalue weighted by Gasteiger charge is -2.13. The van der Waals surface area contributed by atoms with Crippen LogP contribution in [0.2, 0.25) is 0 Å². The van der Waals surface area contributed by atoms with Gasteiger partial charge in [0.1, 0.15) is 74.1 Å². The van der Waals surface area contributed by atoms with E-state index in [4.69, 9.17) is 33.2 Å². The first kappa shape index (κ1) is 76.6. The Balaban J connectivity index is 0.000000144. The molecule has 2 aliphatic heterocycles. The Morgan fingerprint density at radius 1 is 0.457 bits per heavy atom. The average Bonchev–Trinajstić information content (AvgIpc) is 1.68. The maximum absolute atomic E-state index is 12.9. The fourth-order valence-corrected chi connectivity index (χ4v) is 13.0. The summed E-state index contributed by atoms with van der Waals surface area (Å²) < 4.78 is 75.1. The molecule has 22 heteroatoms. The molecule has 0 amide bonds. The molecule has 15 nitrogen and oxygen atoms in total. The topological polar surface area (TPSA) is 177 Å². The Kier molecular flexibility index (Phi) is 27.3. The molecule has 14 rings (SSSR count). The zero-order valence-corrected chi connectivity index (χ0v) is 66.4. The lowest BCUT2D eigenvalue weighted by molar-refractivity contribution is -0.484. The van der Waals surface area contributed by atoms with Crippen LogP contribution in [-0.2, 0) is 54.4 Å². The molecule has 12 aromatic rings. The number of aromatic amines is 1. The molecule has 0 saturated carbocycles. The molecule has 2 N–H and O–H groups in total. The highest BCUT2D eigenvalue weighted by Crippen LogP contribution is 2.36. The van der Waals surface area contributed by atoms with E-state index in [1.165, 1.54) is 28.5 Å². The highest BCUT2D eigenvalue weighted by Gasteiger charge is 2.31. The molecule has 0 unspecified atom stereocenters. The quantitative estimate of drug-likeness (QED) is 0.0433. The van der Waals surface area contributed by atoms with Gasteiger partial charge in [0.05, 0.1) is 16.2 Å². The molecule has 0 radical (unpaired) electrons. The van der Waals surface area contributed by atoms with Gasteiger partial charge in [0.2, 0.25) is 11.5 Å². The second-order valence-corrected chi connectivity index (χ2v) is 30.9. The maximum Gasteiger partial charge on any atom is 0.335 e. The molecular weight excluding hydrogens is 1740 g/mol. The lowest BCUT2D eigenvalue weighted by Crippen LogP contribution is -2.10. The van der Waals surface area contributed by atoms with Crippen molar-refractivity contribution in [2.45, 2.75) is 51.5 Å². The van der Waals surface area contributed by atoms with Gasteiger partial charge in [-0.1, -0.05) is 186 Å². The largest absolute Gasteiger partial charge is 0.489 e. The number of ether oxygens (including phenoxy) is 7. The van der Waals surface area contributed by atoms with Crippen molar-refractivity contribution in [1.29, 1.82) is 0 Å². The number of carboxylic acid groups (broad SMARTS) is 1. The number of carbonyl (C=O) groups is 2. The van der Waals surface area contributed by atoms with Gasteiger partial charge in [-0.15, -0.1) is 0 Å². The Labute approximate surface area is 659 Å². The molecule has 2 aliphatic rings. The van der Waals surface area contributed by atoms with Gasteiger partial charge in [-0.3, -0.25) is 4.79 Å². The van der Waals surface area contributed by atoms with Crippen molar-refractivity contribution in [3.05, 3.63) is 373 Å². The summed E-state index contributed by atoms with van der Waals surface area (Å²) in [5, 5.41) is 9.34. The van der Waals surface area contributed by atoms with Crippen molar-refractivity contribution in [3.63, 3.8) is 0 Å². The molecule has 105 heavy (non-hydrogen) atoms. The van der Waals surface area contributed by atoms with E-state index < -0.39 is 16.0 Å². The van der Waals surface area contributed by atoms with Gasteiger partial charge in [0, 0.05) is 86.9 Å². The third-order valence-electron chi connectivity index (χ3n) is 15.8. The van der Waals surface area contributed by atoms with Crippen LogP contribution >= 0.6 is 95.6 Å². The first-order valence-electron chi connectivity index (χ1n) is 32.5. The highest BCUT2D eigenvalue weighted by atomic mass is 79.9. The third-order valence-corrected chi connectivity index (χ3v) is 20.6. The number of carbonyl (C=O) groups excluding carboxylic acids is 1. The smallest absolute Gasteiger partial charge is 0.335 e. The minimum atomic E-state index is -3.40. The number of aromatic nitrogens is 2. The number of allylic oxidation sites excluding steroid dienone is 2. The SMILES string of the molecule is Brc1ccc(COc2cc(OCc3ccc(Br)cc3)cc(C3=C4C=CC=[N+]4CO3)c2)cc1.Cc1ccc(S(=O)(=O)n2cccc2)cc1.O=C(O)c1cc(OCc2ccc(Br)cc2)cc(OCc2ccc(Br)cc2)c1.O=C(c1cc(OCc2ccc(Br)cc2)cc(OCc2ccc(Br)cc2)c1)c1ccc[nH]1. The van der Waals surface area contributed by atoms with Gasteiger partial charge in [-0.05, 0) is 186 Å². The molecule has 0 bridgehead atoms. The van der Waals surface area contributed by atoms with E-state index in [2.05, 4.69) is 111 Å².